The van der Waals surface area contributed by atoms with Crippen LogP contribution in [-0.2, 0) is 68.4 Å². The number of carboxylic acid groups (broad SMARTS) is 1. The molecule has 0 aromatic heterocycles. The van der Waals surface area contributed by atoms with Crippen LogP contribution in [0, 0.1) is 0 Å². The fourth-order valence-electron chi connectivity index (χ4n) is 5.72. The number of sulfonamides is 2. The molecule has 272 valence electrons. The molecular weight excluding hydrogens is 710 g/mol. The van der Waals surface area contributed by atoms with E-state index in [1.54, 1.807) is 30.3 Å². The van der Waals surface area contributed by atoms with E-state index >= 15 is 0 Å². The summed E-state index contributed by atoms with van der Waals surface area (Å²) in [5, 5.41) is 12.1. The highest BCUT2D eigenvalue weighted by Gasteiger charge is 2.25. The monoisotopic (exact) mass is 751 g/mol. The number of benzene rings is 3. The molecule has 3 aromatic rings. The Morgan fingerprint density at radius 2 is 1.04 bits per heavy atom. The number of esters is 2. The van der Waals surface area contributed by atoms with Gasteiger partial charge < -0.3 is 19.9 Å². The second-order valence-corrected chi connectivity index (χ2v) is 15.8. The van der Waals surface area contributed by atoms with Crippen LogP contribution in [0.15, 0.2) is 54.6 Å². The molecule has 13 nitrogen and oxygen atoms in total. The van der Waals surface area contributed by atoms with Gasteiger partial charge in [0.1, 0.15) is 0 Å². The highest BCUT2D eigenvalue weighted by Crippen LogP contribution is 2.23. The van der Waals surface area contributed by atoms with Gasteiger partial charge in [-0.2, -0.15) is 8.61 Å². The van der Waals surface area contributed by atoms with Gasteiger partial charge in [-0.1, -0.05) is 18.2 Å². The summed E-state index contributed by atoms with van der Waals surface area (Å²) in [4.78, 5) is 33.5. The third kappa shape index (κ3) is 10.6. The summed E-state index contributed by atoms with van der Waals surface area (Å²) in [5.41, 5.74) is 7.69. The van der Waals surface area contributed by atoms with Crippen LogP contribution in [0.4, 0.5) is 0 Å². The van der Waals surface area contributed by atoms with Crippen molar-refractivity contribution in [2.45, 2.75) is 38.9 Å². The second kappa shape index (κ2) is 17.4. The SMILES string of the molecule is COC(=O)c1ccc2c(c1)CCN(S(C)(=O)=O)C2.COC(=O)c1ccc2c(c1)CCNC2.CS(=O)(=O)N1CCc2cc(C(=O)O)ccc2C1.Cl. The largest absolute Gasteiger partial charge is 0.478 e. The zero-order valence-electron chi connectivity index (χ0n) is 28.3. The van der Waals surface area contributed by atoms with Gasteiger partial charge in [-0.25, -0.2) is 31.2 Å². The number of halogens is 1. The summed E-state index contributed by atoms with van der Waals surface area (Å²) in [5.74, 6) is -1.59. The van der Waals surface area contributed by atoms with Crippen LogP contribution in [0.2, 0.25) is 0 Å². The van der Waals surface area contributed by atoms with Crippen molar-refractivity contribution in [2.24, 2.45) is 0 Å². The molecule has 0 bridgehead atoms. The van der Waals surface area contributed by atoms with Gasteiger partial charge >= 0.3 is 17.9 Å². The standard InChI is InChI=1S/C12H15NO4S.C11H13NO4S.C11H13NO2.ClH/c1-17-12(14)10-3-4-11-8-13(18(2,15)16)6-5-9(11)7-10;1-17(15,16)12-5-4-8-6-9(11(13)14)2-3-10(8)7-12;1-14-11(13)9-2-3-10-7-12-5-4-8(10)6-9;/h3-4,7H,5-6,8H2,1-2H3;2-3,6H,4-5,7H2,1H3,(H,13,14);2-3,6,12H,4-5,7H2,1H3;1H. The predicted octanol–water partition coefficient (Wildman–Crippen LogP) is 3.03. The number of carbonyl (C=O) groups excluding carboxylic acids is 2. The van der Waals surface area contributed by atoms with Gasteiger partial charge in [0.05, 0.1) is 43.4 Å². The molecule has 0 unspecified atom stereocenters. The van der Waals surface area contributed by atoms with Gasteiger partial charge in [0.15, 0.2) is 0 Å². The van der Waals surface area contributed by atoms with Gasteiger partial charge in [0.2, 0.25) is 20.0 Å². The van der Waals surface area contributed by atoms with Crippen molar-refractivity contribution in [1.82, 2.24) is 13.9 Å². The van der Waals surface area contributed by atoms with Crippen molar-refractivity contribution in [3.8, 4) is 0 Å². The fourth-order valence-corrected chi connectivity index (χ4v) is 7.31. The minimum absolute atomic E-state index is 0. The Labute approximate surface area is 299 Å². The number of rotatable bonds is 5. The van der Waals surface area contributed by atoms with Crippen LogP contribution in [0.25, 0.3) is 0 Å². The van der Waals surface area contributed by atoms with Crippen LogP contribution >= 0.6 is 12.4 Å². The van der Waals surface area contributed by atoms with Crippen LogP contribution in [0.1, 0.15) is 64.5 Å². The van der Waals surface area contributed by atoms with E-state index in [1.807, 2.05) is 18.2 Å². The van der Waals surface area contributed by atoms with E-state index in [0.717, 1.165) is 41.8 Å². The smallest absolute Gasteiger partial charge is 0.337 e. The summed E-state index contributed by atoms with van der Waals surface area (Å²) in [6, 6.07) is 15.8. The zero-order chi connectivity index (χ0) is 35.9. The third-order valence-electron chi connectivity index (χ3n) is 8.49. The van der Waals surface area contributed by atoms with Gasteiger partial charge in [0.25, 0.3) is 0 Å². The molecule has 16 heteroatoms. The molecule has 2 N–H and O–H groups in total. The van der Waals surface area contributed by atoms with Crippen LogP contribution in [0.3, 0.4) is 0 Å². The summed E-state index contributed by atoms with van der Waals surface area (Å²) in [6.07, 6.45) is 4.56. The lowest BCUT2D eigenvalue weighted by Crippen LogP contribution is -2.35. The van der Waals surface area contributed by atoms with E-state index in [0.29, 0.717) is 50.1 Å². The molecule has 3 aliphatic rings. The highest BCUT2D eigenvalue weighted by molar-refractivity contribution is 7.88. The quantitative estimate of drug-likeness (QED) is 0.367. The number of hydrogen-bond acceptors (Lipinski definition) is 10. The molecule has 0 atom stereocenters. The van der Waals surface area contributed by atoms with Gasteiger partial charge in [0, 0.05) is 32.7 Å². The maximum atomic E-state index is 11.5. The number of aromatic carboxylic acids is 1. The minimum Gasteiger partial charge on any atom is -0.478 e. The fraction of sp³-hybridized carbons (Fsp3) is 0.382. The number of hydrogen-bond donors (Lipinski definition) is 2. The Bertz CT molecular complexity index is 1950. The highest BCUT2D eigenvalue weighted by atomic mass is 35.5. The molecule has 0 amide bonds. The summed E-state index contributed by atoms with van der Waals surface area (Å²) >= 11 is 0. The molecule has 0 saturated heterocycles. The van der Waals surface area contributed by atoms with Crippen molar-refractivity contribution in [3.63, 3.8) is 0 Å². The Balaban J connectivity index is 0.000000202. The maximum Gasteiger partial charge on any atom is 0.337 e. The van der Waals surface area contributed by atoms with E-state index in [2.05, 4.69) is 14.8 Å². The average molecular weight is 752 g/mol. The summed E-state index contributed by atoms with van der Waals surface area (Å²) < 4.78 is 57.9. The number of carbonyl (C=O) groups is 3. The zero-order valence-corrected chi connectivity index (χ0v) is 30.8. The number of fused-ring (bicyclic) bond motifs is 3. The molecule has 3 aliphatic heterocycles. The van der Waals surface area contributed by atoms with Gasteiger partial charge in [-0.15, -0.1) is 12.4 Å². The van der Waals surface area contributed by atoms with Crippen molar-refractivity contribution >= 4 is 50.4 Å². The minimum atomic E-state index is -3.18. The molecule has 0 aliphatic carbocycles. The van der Waals surface area contributed by atoms with Crippen molar-refractivity contribution < 1.29 is 45.8 Å². The van der Waals surface area contributed by atoms with E-state index in [-0.39, 0.29) is 29.9 Å². The number of ether oxygens (including phenoxy) is 2. The first-order valence-electron chi connectivity index (χ1n) is 15.5. The summed E-state index contributed by atoms with van der Waals surface area (Å²) in [6.45, 7) is 3.45. The Morgan fingerprint density at radius 1 is 0.640 bits per heavy atom. The molecule has 0 radical (unpaired) electrons. The first-order chi connectivity index (χ1) is 23.1. The predicted molar refractivity (Wildman–Crippen MR) is 190 cm³/mol. The lowest BCUT2D eigenvalue weighted by molar-refractivity contribution is 0.0591. The molecular formula is C34H42ClN3O10S2. The molecule has 0 spiro atoms. The van der Waals surface area contributed by atoms with Crippen molar-refractivity contribution in [1.29, 1.82) is 0 Å². The van der Waals surface area contributed by atoms with Gasteiger partial charge in [-0.05, 0) is 95.6 Å². The van der Waals surface area contributed by atoms with Gasteiger partial charge in [-0.3, -0.25) is 0 Å². The topological polar surface area (TPSA) is 177 Å². The number of nitrogens with zero attached hydrogens (tertiary/aromatic N) is 2. The van der Waals surface area contributed by atoms with E-state index in [1.165, 1.54) is 52.5 Å². The lowest BCUT2D eigenvalue weighted by atomic mass is 9.98. The van der Waals surface area contributed by atoms with E-state index in [9.17, 15) is 31.2 Å². The van der Waals surface area contributed by atoms with Crippen LogP contribution in [-0.4, -0.2) is 94.8 Å². The molecule has 3 aromatic carbocycles. The molecule has 6 rings (SSSR count). The van der Waals surface area contributed by atoms with Crippen LogP contribution < -0.4 is 5.32 Å². The third-order valence-corrected chi connectivity index (χ3v) is 11.0. The number of nitrogens with one attached hydrogen (secondary N) is 1. The lowest BCUT2D eigenvalue weighted by Gasteiger charge is -2.26. The first-order valence-corrected chi connectivity index (χ1v) is 19.2. The number of carboxylic acids is 1. The first kappa shape index (κ1) is 40.6. The van der Waals surface area contributed by atoms with Crippen LogP contribution in [0.5, 0.6) is 0 Å². The van der Waals surface area contributed by atoms with Crippen molar-refractivity contribution in [2.75, 3.05) is 46.4 Å². The Hall–Kier alpha value is -3.86. The maximum absolute atomic E-state index is 11.5. The Morgan fingerprint density at radius 3 is 1.46 bits per heavy atom. The average Bonchev–Trinajstić information content (AvgIpc) is 3.09. The van der Waals surface area contributed by atoms with E-state index < -0.39 is 26.0 Å². The van der Waals surface area contributed by atoms with E-state index in [4.69, 9.17) is 5.11 Å². The molecule has 50 heavy (non-hydrogen) atoms. The molecule has 0 fully saturated rings. The normalized spacial score (nSPS) is 15.5. The second-order valence-electron chi connectivity index (χ2n) is 11.9. The van der Waals surface area contributed by atoms with Crippen molar-refractivity contribution in [3.05, 3.63) is 105 Å². The molecule has 0 saturated carbocycles. The molecule has 3 heterocycles. The summed E-state index contributed by atoms with van der Waals surface area (Å²) in [7, 11) is -3.59. The number of methoxy groups -OCH3 is 2. The Kier molecular flexibility index (Phi) is 14.1.